The number of carbonyl (C=O) groups excluding carboxylic acids is 1. The van der Waals surface area contributed by atoms with E-state index in [1.807, 2.05) is 0 Å². The van der Waals surface area contributed by atoms with Crippen LogP contribution < -0.4 is 0 Å². The molecule has 1 heterocycles. The van der Waals surface area contributed by atoms with E-state index < -0.39 is 54.6 Å². The van der Waals surface area contributed by atoms with Crippen LogP contribution in [0, 0.1) is 0 Å². The summed E-state index contributed by atoms with van der Waals surface area (Å²) in [6.45, 7) is -0.794. The van der Waals surface area contributed by atoms with E-state index in [1.165, 1.54) is 0 Å². The number of alkyl halides is 1. The number of hydrogen-bond acceptors (Lipinski definition) is 8. The normalized spacial score (nSPS) is 38.6. The standard InChI is InChI=1S/C10H17ClO8/c1-18-9(17)10(11)2-4(13)6(15)8(19-10)7(16)5(14)3-12/h4-8,12-16H,2-3H2,1H3/t4-,5?,6+,7?,8?,10-/m0/s1. The molecule has 3 unspecified atom stereocenters. The molecule has 1 rings (SSSR count). The summed E-state index contributed by atoms with van der Waals surface area (Å²) in [6.07, 6.45) is -8.40. The predicted molar refractivity (Wildman–Crippen MR) is 61.2 cm³/mol. The topological polar surface area (TPSA) is 137 Å². The fraction of sp³-hybridized carbons (Fsp3) is 0.900. The number of esters is 1. The van der Waals surface area contributed by atoms with Gasteiger partial charge in [0.25, 0.3) is 0 Å². The predicted octanol–water partition coefficient (Wildman–Crippen LogP) is -2.68. The van der Waals surface area contributed by atoms with Crippen molar-refractivity contribution in [3.8, 4) is 0 Å². The highest BCUT2D eigenvalue weighted by Gasteiger charge is 2.53. The first-order valence-electron chi connectivity index (χ1n) is 5.55. The molecule has 0 bridgehead atoms. The molecule has 0 aliphatic carbocycles. The Hall–Kier alpha value is -0.480. The zero-order valence-corrected chi connectivity index (χ0v) is 10.9. The van der Waals surface area contributed by atoms with Gasteiger partial charge in [-0.2, -0.15) is 0 Å². The van der Waals surface area contributed by atoms with Crippen molar-refractivity contribution < 1.29 is 39.8 Å². The van der Waals surface area contributed by atoms with E-state index in [0.29, 0.717) is 0 Å². The van der Waals surface area contributed by atoms with Crippen molar-refractivity contribution >= 4 is 17.6 Å². The Morgan fingerprint density at radius 2 is 2.11 bits per heavy atom. The van der Waals surface area contributed by atoms with Gasteiger partial charge in [-0.05, 0) is 0 Å². The maximum atomic E-state index is 11.5. The fourth-order valence-corrected chi connectivity index (χ4v) is 2.16. The van der Waals surface area contributed by atoms with E-state index in [9.17, 15) is 25.2 Å². The number of halogens is 1. The summed E-state index contributed by atoms with van der Waals surface area (Å²) in [4.78, 5) is 11.5. The van der Waals surface area contributed by atoms with Crippen molar-refractivity contribution in [2.45, 2.75) is 42.0 Å². The highest BCUT2D eigenvalue weighted by atomic mass is 35.5. The molecule has 0 amide bonds. The van der Waals surface area contributed by atoms with Gasteiger partial charge in [0.1, 0.15) is 24.4 Å². The molecule has 1 saturated heterocycles. The molecule has 6 atom stereocenters. The van der Waals surface area contributed by atoms with Gasteiger partial charge in [0, 0.05) is 6.42 Å². The minimum atomic E-state index is -2.08. The molecular weight excluding hydrogens is 284 g/mol. The molecule has 112 valence electrons. The van der Waals surface area contributed by atoms with Gasteiger partial charge < -0.3 is 35.0 Å². The molecule has 8 nitrogen and oxygen atoms in total. The van der Waals surface area contributed by atoms with E-state index in [1.54, 1.807) is 0 Å². The van der Waals surface area contributed by atoms with Crippen molar-refractivity contribution in [1.29, 1.82) is 0 Å². The third kappa shape index (κ3) is 3.34. The Morgan fingerprint density at radius 3 is 2.58 bits per heavy atom. The summed E-state index contributed by atoms with van der Waals surface area (Å²) in [6, 6.07) is 0. The second kappa shape index (κ2) is 6.31. The molecule has 19 heavy (non-hydrogen) atoms. The highest BCUT2D eigenvalue weighted by molar-refractivity contribution is 6.32. The first-order valence-corrected chi connectivity index (χ1v) is 5.93. The number of hydrogen-bond donors (Lipinski definition) is 5. The van der Waals surface area contributed by atoms with Crippen LogP contribution in [-0.2, 0) is 14.3 Å². The van der Waals surface area contributed by atoms with Crippen LogP contribution in [0.2, 0.25) is 0 Å². The first kappa shape index (κ1) is 16.6. The summed E-state index contributed by atoms with van der Waals surface area (Å²) in [7, 11) is 1.06. The molecule has 0 aromatic rings. The number of rotatable bonds is 4. The fourth-order valence-electron chi connectivity index (χ4n) is 1.82. The Morgan fingerprint density at radius 1 is 1.53 bits per heavy atom. The van der Waals surface area contributed by atoms with E-state index in [0.717, 1.165) is 7.11 Å². The molecule has 5 N–H and O–H groups in total. The van der Waals surface area contributed by atoms with E-state index >= 15 is 0 Å². The third-order valence-electron chi connectivity index (χ3n) is 2.93. The van der Waals surface area contributed by atoms with E-state index in [4.69, 9.17) is 21.4 Å². The molecule has 0 radical (unpaired) electrons. The van der Waals surface area contributed by atoms with Gasteiger partial charge in [-0.1, -0.05) is 11.6 Å². The van der Waals surface area contributed by atoms with Gasteiger partial charge in [0.15, 0.2) is 0 Å². The Balaban J connectivity index is 2.94. The second-order valence-electron chi connectivity index (χ2n) is 4.31. The molecule has 0 spiro atoms. The Kier molecular flexibility index (Phi) is 5.51. The number of carbonyl (C=O) groups is 1. The lowest BCUT2D eigenvalue weighted by Crippen LogP contribution is -2.61. The van der Waals surface area contributed by atoms with Crippen molar-refractivity contribution in [1.82, 2.24) is 0 Å². The molecule has 9 heteroatoms. The number of methoxy groups -OCH3 is 1. The molecule has 1 fully saturated rings. The lowest BCUT2D eigenvalue weighted by atomic mass is 9.92. The Labute approximate surface area is 114 Å². The van der Waals surface area contributed by atoms with Crippen LogP contribution in [0.5, 0.6) is 0 Å². The molecular formula is C10H17ClO8. The summed E-state index contributed by atoms with van der Waals surface area (Å²) in [5, 5.41) is 45.0. The smallest absolute Gasteiger partial charge is 0.354 e. The zero-order valence-electron chi connectivity index (χ0n) is 10.1. The maximum Gasteiger partial charge on any atom is 0.354 e. The largest absolute Gasteiger partial charge is 0.466 e. The minimum Gasteiger partial charge on any atom is -0.466 e. The van der Waals surface area contributed by atoms with Crippen molar-refractivity contribution in [3.63, 3.8) is 0 Å². The third-order valence-corrected chi connectivity index (χ3v) is 3.33. The summed E-state index contributed by atoms with van der Waals surface area (Å²) in [5.74, 6) is -1.00. The van der Waals surface area contributed by atoms with Crippen LogP contribution in [0.4, 0.5) is 0 Å². The van der Waals surface area contributed by atoms with Crippen LogP contribution in [0.1, 0.15) is 6.42 Å². The van der Waals surface area contributed by atoms with Crippen LogP contribution in [0.3, 0.4) is 0 Å². The highest BCUT2D eigenvalue weighted by Crippen LogP contribution is 2.35. The quantitative estimate of drug-likeness (QED) is 0.280. The lowest BCUT2D eigenvalue weighted by molar-refractivity contribution is -0.233. The zero-order chi connectivity index (χ0) is 14.8. The van der Waals surface area contributed by atoms with Crippen molar-refractivity contribution in [2.75, 3.05) is 13.7 Å². The van der Waals surface area contributed by atoms with Crippen LogP contribution >= 0.6 is 11.6 Å². The van der Waals surface area contributed by atoms with Crippen LogP contribution in [0.15, 0.2) is 0 Å². The molecule has 0 aromatic heterocycles. The van der Waals surface area contributed by atoms with Crippen molar-refractivity contribution in [3.05, 3.63) is 0 Å². The Bertz CT molecular complexity index is 327. The average molecular weight is 301 g/mol. The number of ether oxygens (including phenoxy) is 2. The van der Waals surface area contributed by atoms with Crippen LogP contribution in [0.25, 0.3) is 0 Å². The molecule has 0 saturated carbocycles. The van der Waals surface area contributed by atoms with Crippen LogP contribution in [-0.4, -0.2) is 80.8 Å². The maximum absolute atomic E-state index is 11.5. The van der Waals surface area contributed by atoms with Gasteiger partial charge in [-0.3, -0.25) is 0 Å². The lowest BCUT2D eigenvalue weighted by Gasteiger charge is -2.42. The number of aliphatic hydroxyl groups excluding tert-OH is 5. The van der Waals surface area contributed by atoms with E-state index in [2.05, 4.69) is 4.74 Å². The van der Waals surface area contributed by atoms with E-state index in [-0.39, 0.29) is 0 Å². The molecule has 1 aliphatic rings. The minimum absolute atomic E-state index is 0.444. The summed E-state index contributed by atoms with van der Waals surface area (Å²) < 4.78 is 9.46. The van der Waals surface area contributed by atoms with Gasteiger partial charge in [0.05, 0.1) is 19.8 Å². The van der Waals surface area contributed by atoms with Crippen molar-refractivity contribution in [2.24, 2.45) is 0 Å². The summed E-state index contributed by atoms with van der Waals surface area (Å²) >= 11 is 5.85. The molecule has 0 aromatic carbocycles. The van der Waals surface area contributed by atoms with Gasteiger partial charge >= 0.3 is 5.97 Å². The average Bonchev–Trinajstić information content (AvgIpc) is 2.40. The number of aliphatic hydroxyl groups is 5. The van der Waals surface area contributed by atoms with Gasteiger partial charge in [0.2, 0.25) is 5.06 Å². The summed E-state index contributed by atoms with van der Waals surface area (Å²) in [5.41, 5.74) is 0. The SMILES string of the molecule is COC(=O)[C@]1(Cl)C[C@H](O)[C@@H](O)C(C(O)C(O)CO)O1. The van der Waals surface area contributed by atoms with Gasteiger partial charge in [-0.15, -0.1) is 0 Å². The first-order chi connectivity index (χ1) is 8.76. The second-order valence-corrected chi connectivity index (χ2v) is 4.92. The van der Waals surface area contributed by atoms with Gasteiger partial charge in [-0.25, -0.2) is 4.79 Å². The monoisotopic (exact) mass is 300 g/mol. The molecule has 1 aliphatic heterocycles.